The van der Waals surface area contributed by atoms with Gasteiger partial charge in [-0.3, -0.25) is 4.79 Å². The molecule has 106 valence electrons. The molecular weight excluding hydrogens is 260 g/mol. The fraction of sp³-hybridized carbons (Fsp3) is 0.533. The molecule has 1 saturated carbocycles. The summed E-state index contributed by atoms with van der Waals surface area (Å²) in [7, 11) is 1.90. The maximum absolute atomic E-state index is 12.2. The Morgan fingerprint density at radius 2 is 1.84 bits per heavy atom. The van der Waals surface area contributed by atoms with E-state index in [0.717, 1.165) is 17.7 Å². The van der Waals surface area contributed by atoms with Crippen LogP contribution in [0.4, 0.5) is 0 Å². The molecular formula is C15H23ClN2O. The number of hydrogen-bond donors (Lipinski definition) is 1. The van der Waals surface area contributed by atoms with E-state index in [4.69, 9.17) is 5.73 Å². The molecule has 1 aromatic carbocycles. The molecule has 0 unspecified atom stereocenters. The molecule has 0 aromatic heterocycles. The molecule has 0 aliphatic heterocycles. The minimum Gasteiger partial charge on any atom is -0.341 e. The molecule has 1 fully saturated rings. The van der Waals surface area contributed by atoms with E-state index < -0.39 is 0 Å². The second-order valence-electron chi connectivity index (χ2n) is 5.24. The van der Waals surface area contributed by atoms with Crippen molar-refractivity contribution in [2.75, 3.05) is 13.6 Å². The van der Waals surface area contributed by atoms with Gasteiger partial charge in [-0.05, 0) is 36.5 Å². The highest BCUT2D eigenvalue weighted by molar-refractivity contribution is 5.94. The summed E-state index contributed by atoms with van der Waals surface area (Å²) in [6, 6.07) is 7.60. The van der Waals surface area contributed by atoms with Crippen LogP contribution in [-0.2, 0) is 6.54 Å². The first kappa shape index (κ1) is 16.0. The highest BCUT2D eigenvalue weighted by atomic mass is 35.5. The minimum absolute atomic E-state index is 0. The van der Waals surface area contributed by atoms with Gasteiger partial charge in [-0.25, -0.2) is 0 Å². The SMILES string of the molecule is CN(CC1CCCC1)C(=O)c1ccc(CN)cc1.Cl. The zero-order valence-corrected chi connectivity index (χ0v) is 12.3. The van der Waals surface area contributed by atoms with E-state index in [1.165, 1.54) is 25.7 Å². The molecule has 3 nitrogen and oxygen atoms in total. The van der Waals surface area contributed by atoms with Crippen LogP contribution in [-0.4, -0.2) is 24.4 Å². The van der Waals surface area contributed by atoms with E-state index in [2.05, 4.69) is 0 Å². The van der Waals surface area contributed by atoms with Crippen LogP contribution >= 0.6 is 12.4 Å². The Balaban J connectivity index is 0.00000180. The summed E-state index contributed by atoms with van der Waals surface area (Å²) in [5.74, 6) is 0.813. The number of benzene rings is 1. The number of nitrogens with zero attached hydrogens (tertiary/aromatic N) is 1. The molecule has 2 N–H and O–H groups in total. The van der Waals surface area contributed by atoms with Crippen molar-refractivity contribution in [1.82, 2.24) is 4.90 Å². The third-order valence-corrected chi connectivity index (χ3v) is 3.79. The molecule has 19 heavy (non-hydrogen) atoms. The third kappa shape index (κ3) is 4.22. The molecule has 1 aromatic rings. The standard InChI is InChI=1S/C15H22N2O.ClH/c1-17(11-13-4-2-3-5-13)15(18)14-8-6-12(10-16)7-9-14;/h6-9,13H,2-5,10-11,16H2,1H3;1H. The molecule has 0 bridgehead atoms. The lowest BCUT2D eigenvalue weighted by Gasteiger charge is -2.21. The van der Waals surface area contributed by atoms with Gasteiger partial charge in [-0.1, -0.05) is 25.0 Å². The molecule has 0 heterocycles. The van der Waals surface area contributed by atoms with Crippen molar-refractivity contribution in [2.45, 2.75) is 32.2 Å². The number of rotatable bonds is 4. The first-order chi connectivity index (χ1) is 8.70. The predicted octanol–water partition coefficient (Wildman–Crippen LogP) is 2.83. The fourth-order valence-corrected chi connectivity index (χ4v) is 2.67. The number of carbonyl (C=O) groups excluding carboxylic acids is 1. The summed E-state index contributed by atoms with van der Waals surface area (Å²) in [5.41, 5.74) is 7.37. The van der Waals surface area contributed by atoms with Gasteiger partial charge in [0.1, 0.15) is 0 Å². The summed E-state index contributed by atoms with van der Waals surface area (Å²) < 4.78 is 0. The van der Waals surface area contributed by atoms with Crippen LogP contribution in [0, 0.1) is 5.92 Å². The topological polar surface area (TPSA) is 46.3 Å². The van der Waals surface area contributed by atoms with Crippen LogP contribution < -0.4 is 5.73 Å². The molecule has 0 radical (unpaired) electrons. The highest BCUT2D eigenvalue weighted by Gasteiger charge is 2.20. The quantitative estimate of drug-likeness (QED) is 0.923. The van der Waals surface area contributed by atoms with Crippen LogP contribution in [0.5, 0.6) is 0 Å². The monoisotopic (exact) mass is 282 g/mol. The third-order valence-electron chi connectivity index (χ3n) is 3.79. The van der Waals surface area contributed by atoms with Crippen LogP contribution in [0.2, 0.25) is 0 Å². The van der Waals surface area contributed by atoms with Crippen molar-refractivity contribution >= 4 is 18.3 Å². The predicted molar refractivity (Wildman–Crippen MR) is 80.5 cm³/mol. The molecule has 2 rings (SSSR count). The second kappa shape index (κ2) is 7.51. The van der Waals surface area contributed by atoms with Gasteiger partial charge in [-0.2, -0.15) is 0 Å². The lowest BCUT2D eigenvalue weighted by molar-refractivity contribution is 0.0773. The summed E-state index contributed by atoms with van der Waals surface area (Å²) >= 11 is 0. The van der Waals surface area contributed by atoms with Gasteiger partial charge in [0.25, 0.3) is 5.91 Å². The van der Waals surface area contributed by atoms with Gasteiger partial charge in [0.05, 0.1) is 0 Å². The molecule has 0 saturated heterocycles. The second-order valence-corrected chi connectivity index (χ2v) is 5.24. The van der Waals surface area contributed by atoms with Crippen molar-refractivity contribution in [3.05, 3.63) is 35.4 Å². The smallest absolute Gasteiger partial charge is 0.253 e. The number of nitrogens with two attached hydrogens (primary N) is 1. The maximum Gasteiger partial charge on any atom is 0.253 e. The van der Waals surface area contributed by atoms with Crippen molar-refractivity contribution in [3.8, 4) is 0 Å². The highest BCUT2D eigenvalue weighted by Crippen LogP contribution is 2.25. The average molecular weight is 283 g/mol. The molecule has 1 aliphatic rings. The van der Waals surface area contributed by atoms with Crippen molar-refractivity contribution in [3.63, 3.8) is 0 Å². The molecule has 0 atom stereocenters. The normalized spacial score (nSPS) is 15.1. The lowest BCUT2D eigenvalue weighted by Crippen LogP contribution is -2.31. The Labute approximate surface area is 121 Å². The number of hydrogen-bond acceptors (Lipinski definition) is 2. The number of amides is 1. The van der Waals surface area contributed by atoms with Crippen LogP contribution in [0.1, 0.15) is 41.6 Å². The summed E-state index contributed by atoms with van der Waals surface area (Å²) in [4.78, 5) is 14.1. The average Bonchev–Trinajstić information content (AvgIpc) is 2.91. The van der Waals surface area contributed by atoms with E-state index in [1.807, 2.05) is 36.2 Å². The summed E-state index contributed by atoms with van der Waals surface area (Å²) in [6.07, 6.45) is 5.17. The van der Waals surface area contributed by atoms with Crippen molar-refractivity contribution < 1.29 is 4.79 Å². The van der Waals surface area contributed by atoms with Gasteiger partial charge in [0.2, 0.25) is 0 Å². The van der Waals surface area contributed by atoms with Gasteiger partial charge in [0.15, 0.2) is 0 Å². The molecule has 0 spiro atoms. The Bertz CT molecular complexity index is 399. The zero-order chi connectivity index (χ0) is 13.0. The van der Waals surface area contributed by atoms with E-state index in [1.54, 1.807) is 0 Å². The fourth-order valence-electron chi connectivity index (χ4n) is 2.67. The Morgan fingerprint density at radius 3 is 2.37 bits per heavy atom. The summed E-state index contributed by atoms with van der Waals surface area (Å²) in [6.45, 7) is 1.41. The Morgan fingerprint density at radius 1 is 1.26 bits per heavy atom. The van der Waals surface area contributed by atoms with Gasteiger partial charge in [-0.15, -0.1) is 12.4 Å². The van der Waals surface area contributed by atoms with E-state index >= 15 is 0 Å². The largest absolute Gasteiger partial charge is 0.341 e. The Hall–Kier alpha value is -1.06. The number of carbonyl (C=O) groups is 1. The van der Waals surface area contributed by atoms with E-state index in [-0.39, 0.29) is 18.3 Å². The molecule has 4 heteroatoms. The van der Waals surface area contributed by atoms with Gasteiger partial charge in [0, 0.05) is 25.7 Å². The Kier molecular flexibility index (Phi) is 6.32. The maximum atomic E-state index is 12.2. The number of halogens is 1. The summed E-state index contributed by atoms with van der Waals surface area (Å²) in [5, 5.41) is 0. The lowest BCUT2D eigenvalue weighted by atomic mass is 10.1. The first-order valence-electron chi connectivity index (χ1n) is 6.75. The minimum atomic E-state index is 0. The van der Waals surface area contributed by atoms with E-state index in [9.17, 15) is 4.79 Å². The van der Waals surface area contributed by atoms with Crippen LogP contribution in [0.3, 0.4) is 0 Å². The molecule has 1 aliphatic carbocycles. The van der Waals surface area contributed by atoms with Gasteiger partial charge >= 0.3 is 0 Å². The van der Waals surface area contributed by atoms with Crippen LogP contribution in [0.15, 0.2) is 24.3 Å². The van der Waals surface area contributed by atoms with Crippen molar-refractivity contribution in [1.29, 1.82) is 0 Å². The van der Waals surface area contributed by atoms with Gasteiger partial charge < -0.3 is 10.6 Å². The first-order valence-corrected chi connectivity index (χ1v) is 6.75. The van der Waals surface area contributed by atoms with E-state index in [0.29, 0.717) is 12.5 Å². The van der Waals surface area contributed by atoms with Crippen LogP contribution in [0.25, 0.3) is 0 Å². The molecule has 1 amide bonds. The van der Waals surface area contributed by atoms with Crippen molar-refractivity contribution in [2.24, 2.45) is 11.7 Å². The zero-order valence-electron chi connectivity index (χ0n) is 11.5.